The number of benzene rings is 1. The highest BCUT2D eigenvalue weighted by atomic mass is 79.9. The Bertz CT molecular complexity index is 676. The molecule has 21 heavy (non-hydrogen) atoms. The van der Waals surface area contributed by atoms with Gasteiger partial charge in [0.2, 0.25) is 0 Å². The summed E-state index contributed by atoms with van der Waals surface area (Å²) in [6, 6.07) is 5.70. The van der Waals surface area contributed by atoms with E-state index < -0.39 is 0 Å². The van der Waals surface area contributed by atoms with Gasteiger partial charge in [-0.2, -0.15) is 0 Å². The molecular weight excluding hydrogens is 350 g/mol. The first-order valence-electron chi connectivity index (χ1n) is 6.52. The molecule has 0 aliphatic rings. The lowest BCUT2D eigenvalue weighted by atomic mass is 10.1. The minimum atomic E-state index is -0.179. The molecule has 0 spiro atoms. The third kappa shape index (κ3) is 3.83. The van der Waals surface area contributed by atoms with Gasteiger partial charge in [-0.3, -0.25) is 4.79 Å². The quantitative estimate of drug-likeness (QED) is 0.654. The van der Waals surface area contributed by atoms with Gasteiger partial charge in [-0.05, 0) is 43.4 Å². The van der Waals surface area contributed by atoms with Crippen molar-refractivity contribution in [2.75, 3.05) is 11.6 Å². The maximum Gasteiger partial charge on any atom is 0.259 e. The number of aryl methyl sites for hydroxylation is 2. The SMILES string of the molecule is CCc1nc(SC)ncc1C(=O)Nc1ccc(Br)c(C)c1. The van der Waals surface area contributed by atoms with E-state index in [1.807, 2.05) is 38.3 Å². The van der Waals surface area contributed by atoms with Gasteiger partial charge in [0.25, 0.3) is 5.91 Å². The molecular formula is C15H16BrN3OS. The highest BCUT2D eigenvalue weighted by molar-refractivity contribution is 9.10. The van der Waals surface area contributed by atoms with Crippen LogP contribution in [-0.2, 0) is 6.42 Å². The predicted molar refractivity (Wildman–Crippen MR) is 90.0 cm³/mol. The van der Waals surface area contributed by atoms with Crippen molar-refractivity contribution in [3.8, 4) is 0 Å². The summed E-state index contributed by atoms with van der Waals surface area (Å²) >= 11 is 4.91. The summed E-state index contributed by atoms with van der Waals surface area (Å²) in [5, 5.41) is 3.58. The molecule has 1 N–H and O–H groups in total. The van der Waals surface area contributed by atoms with Gasteiger partial charge in [-0.1, -0.05) is 34.6 Å². The Kier molecular flexibility index (Phi) is 5.36. The maximum atomic E-state index is 12.4. The van der Waals surface area contributed by atoms with Gasteiger partial charge < -0.3 is 5.32 Å². The molecule has 4 nitrogen and oxygen atoms in total. The summed E-state index contributed by atoms with van der Waals surface area (Å²) in [5.74, 6) is -0.179. The highest BCUT2D eigenvalue weighted by Crippen LogP contribution is 2.21. The molecule has 2 rings (SSSR count). The number of hydrogen-bond donors (Lipinski definition) is 1. The molecule has 2 aromatic rings. The fourth-order valence-corrected chi connectivity index (χ4v) is 2.48. The largest absolute Gasteiger partial charge is 0.322 e. The van der Waals surface area contributed by atoms with E-state index in [-0.39, 0.29) is 5.91 Å². The van der Waals surface area contributed by atoms with Crippen LogP contribution in [0, 0.1) is 6.92 Å². The second kappa shape index (κ2) is 7.04. The number of amides is 1. The maximum absolute atomic E-state index is 12.4. The van der Waals surface area contributed by atoms with Crippen molar-refractivity contribution in [3.05, 3.63) is 45.7 Å². The molecule has 0 radical (unpaired) electrons. The normalized spacial score (nSPS) is 10.5. The molecule has 0 saturated carbocycles. The molecule has 1 amide bonds. The van der Waals surface area contributed by atoms with Crippen LogP contribution in [0.2, 0.25) is 0 Å². The van der Waals surface area contributed by atoms with Crippen LogP contribution in [0.4, 0.5) is 5.69 Å². The van der Waals surface area contributed by atoms with E-state index >= 15 is 0 Å². The van der Waals surface area contributed by atoms with E-state index in [1.54, 1.807) is 6.20 Å². The molecule has 6 heteroatoms. The number of rotatable bonds is 4. The fraction of sp³-hybridized carbons (Fsp3) is 0.267. The van der Waals surface area contributed by atoms with Crippen LogP contribution < -0.4 is 5.32 Å². The monoisotopic (exact) mass is 365 g/mol. The second-order valence-electron chi connectivity index (χ2n) is 4.49. The van der Waals surface area contributed by atoms with Crippen LogP contribution >= 0.6 is 27.7 Å². The van der Waals surface area contributed by atoms with Crippen molar-refractivity contribution in [2.45, 2.75) is 25.4 Å². The first-order chi connectivity index (χ1) is 10.0. The first kappa shape index (κ1) is 16.0. The lowest BCUT2D eigenvalue weighted by Gasteiger charge is -2.10. The molecule has 1 aromatic carbocycles. The molecule has 0 unspecified atom stereocenters. The van der Waals surface area contributed by atoms with Gasteiger partial charge in [0.1, 0.15) is 0 Å². The van der Waals surface area contributed by atoms with Crippen LogP contribution in [0.1, 0.15) is 28.5 Å². The third-order valence-corrected chi connectivity index (χ3v) is 4.48. The predicted octanol–water partition coefficient (Wildman–Crippen LogP) is 4.08. The Morgan fingerprint density at radius 2 is 2.19 bits per heavy atom. The minimum absolute atomic E-state index is 0.179. The summed E-state index contributed by atoms with van der Waals surface area (Å²) < 4.78 is 1.02. The number of thioether (sulfide) groups is 1. The molecule has 0 atom stereocenters. The summed E-state index contributed by atoms with van der Waals surface area (Å²) in [7, 11) is 0. The number of hydrogen-bond acceptors (Lipinski definition) is 4. The fourth-order valence-electron chi connectivity index (χ4n) is 1.88. The Morgan fingerprint density at radius 1 is 1.43 bits per heavy atom. The Morgan fingerprint density at radius 3 is 2.81 bits per heavy atom. The summed E-state index contributed by atoms with van der Waals surface area (Å²) in [5.41, 5.74) is 3.12. The van der Waals surface area contributed by atoms with Crippen LogP contribution in [0.15, 0.2) is 34.0 Å². The smallest absolute Gasteiger partial charge is 0.259 e. The van der Waals surface area contributed by atoms with E-state index in [0.717, 1.165) is 21.4 Å². The van der Waals surface area contributed by atoms with Crippen LogP contribution in [0.5, 0.6) is 0 Å². The lowest BCUT2D eigenvalue weighted by Crippen LogP contribution is -2.16. The van der Waals surface area contributed by atoms with Crippen molar-refractivity contribution >= 4 is 39.3 Å². The number of aromatic nitrogens is 2. The molecule has 110 valence electrons. The zero-order valence-corrected chi connectivity index (χ0v) is 14.5. The van der Waals surface area contributed by atoms with E-state index in [4.69, 9.17) is 0 Å². The second-order valence-corrected chi connectivity index (χ2v) is 6.12. The first-order valence-corrected chi connectivity index (χ1v) is 8.54. The number of carbonyl (C=O) groups excluding carboxylic acids is 1. The zero-order valence-electron chi connectivity index (χ0n) is 12.1. The molecule has 1 heterocycles. The topological polar surface area (TPSA) is 54.9 Å². The average molecular weight is 366 g/mol. The molecule has 0 bridgehead atoms. The van der Waals surface area contributed by atoms with Gasteiger partial charge in [0, 0.05) is 16.4 Å². The van der Waals surface area contributed by atoms with Gasteiger partial charge >= 0.3 is 0 Å². The van der Waals surface area contributed by atoms with Crippen molar-refractivity contribution in [2.24, 2.45) is 0 Å². The van der Waals surface area contributed by atoms with Gasteiger partial charge in [0.15, 0.2) is 5.16 Å². The number of anilines is 1. The van der Waals surface area contributed by atoms with E-state index in [0.29, 0.717) is 17.1 Å². The lowest BCUT2D eigenvalue weighted by molar-refractivity contribution is 0.102. The number of carbonyl (C=O) groups is 1. The zero-order chi connectivity index (χ0) is 15.4. The van der Waals surface area contributed by atoms with Gasteiger partial charge in [-0.15, -0.1) is 0 Å². The third-order valence-electron chi connectivity index (χ3n) is 3.02. The van der Waals surface area contributed by atoms with Crippen molar-refractivity contribution in [1.29, 1.82) is 0 Å². The van der Waals surface area contributed by atoms with Gasteiger partial charge in [0.05, 0.1) is 11.3 Å². The molecule has 0 aliphatic heterocycles. The average Bonchev–Trinajstić information content (AvgIpc) is 2.50. The van der Waals surface area contributed by atoms with Crippen LogP contribution in [-0.4, -0.2) is 22.1 Å². The molecule has 0 fully saturated rings. The standard InChI is InChI=1S/C15H16BrN3OS/c1-4-13-11(8-17-15(19-13)21-3)14(20)18-10-5-6-12(16)9(2)7-10/h5-8H,4H2,1-3H3,(H,18,20). The Balaban J connectivity index is 2.25. The minimum Gasteiger partial charge on any atom is -0.322 e. The van der Waals surface area contributed by atoms with E-state index in [2.05, 4.69) is 31.2 Å². The molecule has 1 aromatic heterocycles. The molecule has 0 aliphatic carbocycles. The van der Waals surface area contributed by atoms with Crippen molar-refractivity contribution in [3.63, 3.8) is 0 Å². The van der Waals surface area contributed by atoms with E-state index in [1.165, 1.54) is 11.8 Å². The van der Waals surface area contributed by atoms with Crippen LogP contribution in [0.3, 0.4) is 0 Å². The summed E-state index contributed by atoms with van der Waals surface area (Å²) in [4.78, 5) is 21.0. The molecule has 0 saturated heterocycles. The summed E-state index contributed by atoms with van der Waals surface area (Å²) in [6.45, 7) is 3.96. The number of nitrogens with one attached hydrogen (secondary N) is 1. The van der Waals surface area contributed by atoms with Crippen molar-refractivity contribution in [1.82, 2.24) is 9.97 Å². The number of halogens is 1. The Labute approximate surface area is 136 Å². The van der Waals surface area contributed by atoms with E-state index in [9.17, 15) is 4.79 Å². The van der Waals surface area contributed by atoms with Crippen LogP contribution in [0.25, 0.3) is 0 Å². The summed E-state index contributed by atoms with van der Waals surface area (Å²) in [6.07, 6.45) is 4.20. The van der Waals surface area contributed by atoms with Crippen molar-refractivity contribution < 1.29 is 4.79 Å². The highest BCUT2D eigenvalue weighted by Gasteiger charge is 2.14. The Hall–Kier alpha value is -1.40. The number of nitrogens with zero attached hydrogens (tertiary/aromatic N) is 2. The van der Waals surface area contributed by atoms with Gasteiger partial charge in [-0.25, -0.2) is 9.97 Å².